The lowest BCUT2D eigenvalue weighted by molar-refractivity contribution is 0.144. The summed E-state index contributed by atoms with van der Waals surface area (Å²) < 4.78 is 0. The van der Waals surface area contributed by atoms with Gasteiger partial charge in [-0.05, 0) is 17.8 Å². The van der Waals surface area contributed by atoms with Crippen LogP contribution in [0.3, 0.4) is 0 Å². The van der Waals surface area contributed by atoms with Crippen molar-refractivity contribution in [2.45, 2.75) is 53.6 Å². The average Bonchev–Trinajstić information content (AvgIpc) is 2.46. The summed E-state index contributed by atoms with van der Waals surface area (Å²) in [7, 11) is 0. The largest absolute Gasteiger partial charge is 0.273 e. The lowest BCUT2D eigenvalue weighted by Gasteiger charge is -2.31. The molecule has 0 aliphatic carbocycles. The third kappa shape index (κ3) is 2.93. The summed E-state index contributed by atoms with van der Waals surface area (Å²) in [6.45, 7) is 14.5. The Labute approximate surface area is 93.9 Å². The molecule has 0 fully saturated rings. The minimum atomic E-state index is 0.378. The van der Waals surface area contributed by atoms with Crippen LogP contribution in [0.4, 0.5) is 0 Å². The lowest BCUT2D eigenvalue weighted by Crippen LogP contribution is -2.42. The molecule has 0 aromatic carbocycles. The summed E-state index contributed by atoms with van der Waals surface area (Å²) >= 11 is 0. The van der Waals surface area contributed by atoms with E-state index < -0.39 is 0 Å². The Morgan fingerprint density at radius 2 is 1.60 bits per heavy atom. The zero-order valence-electron chi connectivity index (χ0n) is 10.9. The summed E-state index contributed by atoms with van der Waals surface area (Å²) in [5.41, 5.74) is 0. The number of hydrogen-bond acceptors (Lipinski definition) is 3. The molecule has 3 nitrogen and oxygen atoms in total. The Bertz CT molecular complexity index is 221. The van der Waals surface area contributed by atoms with Gasteiger partial charge in [0.25, 0.3) is 0 Å². The van der Waals surface area contributed by atoms with E-state index in [4.69, 9.17) is 0 Å². The van der Waals surface area contributed by atoms with Crippen LogP contribution in [0, 0.1) is 17.8 Å². The maximum atomic E-state index is 4.42. The minimum absolute atomic E-state index is 0.378. The van der Waals surface area contributed by atoms with Gasteiger partial charge in [-0.1, -0.05) is 46.8 Å². The Kier molecular flexibility index (Phi) is 4.12. The third-order valence-corrected chi connectivity index (χ3v) is 2.91. The molecule has 0 aromatic rings. The van der Waals surface area contributed by atoms with Gasteiger partial charge in [0.1, 0.15) is 0 Å². The molecule has 0 spiro atoms. The number of nitrogens with zero attached hydrogens (tertiary/aromatic N) is 3. The van der Waals surface area contributed by atoms with Crippen molar-refractivity contribution in [3.05, 3.63) is 0 Å². The van der Waals surface area contributed by atoms with Gasteiger partial charge >= 0.3 is 0 Å². The molecule has 1 aliphatic rings. The molecular formula is C12H25N3. The van der Waals surface area contributed by atoms with Crippen molar-refractivity contribution in [2.75, 3.05) is 6.54 Å². The highest BCUT2D eigenvalue weighted by Gasteiger charge is 2.36. The van der Waals surface area contributed by atoms with Crippen LogP contribution in [0.1, 0.15) is 41.5 Å². The van der Waals surface area contributed by atoms with Crippen LogP contribution in [0.5, 0.6) is 0 Å². The molecule has 0 saturated carbocycles. The van der Waals surface area contributed by atoms with Crippen molar-refractivity contribution in [2.24, 2.45) is 28.1 Å². The van der Waals surface area contributed by atoms with E-state index in [0.717, 1.165) is 6.54 Å². The highest BCUT2D eigenvalue weighted by molar-refractivity contribution is 4.90. The van der Waals surface area contributed by atoms with Gasteiger partial charge in [0, 0.05) is 6.54 Å². The van der Waals surface area contributed by atoms with Crippen molar-refractivity contribution in [1.29, 1.82) is 0 Å². The van der Waals surface area contributed by atoms with E-state index in [1.54, 1.807) is 0 Å². The van der Waals surface area contributed by atoms with E-state index in [2.05, 4.69) is 56.9 Å². The Morgan fingerprint density at radius 3 is 2.00 bits per heavy atom. The van der Waals surface area contributed by atoms with E-state index in [0.29, 0.717) is 29.8 Å². The third-order valence-electron chi connectivity index (χ3n) is 2.91. The number of hydrogen-bond donors (Lipinski definition) is 0. The Morgan fingerprint density at radius 1 is 1.00 bits per heavy atom. The zero-order valence-corrected chi connectivity index (χ0v) is 10.9. The fraction of sp³-hybridized carbons (Fsp3) is 1.00. The first kappa shape index (κ1) is 12.5. The normalized spacial score (nSPS) is 26.3. The van der Waals surface area contributed by atoms with E-state index in [1.807, 2.05) is 0 Å². The second-order valence-electron chi connectivity index (χ2n) is 5.69. The van der Waals surface area contributed by atoms with E-state index in [1.165, 1.54) is 0 Å². The van der Waals surface area contributed by atoms with E-state index >= 15 is 0 Å². The van der Waals surface area contributed by atoms with Crippen molar-refractivity contribution in [1.82, 2.24) is 5.01 Å². The standard InChI is InChI=1S/C12H25N3/c1-8(2)7-15-12(10(5)6)11(9(3)4)13-14-15/h8-12H,7H2,1-6H3. The first-order valence-electron chi connectivity index (χ1n) is 6.10. The molecule has 0 saturated heterocycles. The molecule has 88 valence electrons. The maximum absolute atomic E-state index is 4.42. The van der Waals surface area contributed by atoms with Crippen molar-refractivity contribution in [3.8, 4) is 0 Å². The Balaban J connectivity index is 2.71. The molecule has 0 N–H and O–H groups in total. The topological polar surface area (TPSA) is 28.0 Å². The summed E-state index contributed by atoms with van der Waals surface area (Å²) in [5, 5.41) is 11.0. The van der Waals surface area contributed by atoms with Crippen molar-refractivity contribution in [3.63, 3.8) is 0 Å². The van der Waals surface area contributed by atoms with Gasteiger partial charge in [0.2, 0.25) is 0 Å². The van der Waals surface area contributed by atoms with Crippen LogP contribution in [0.2, 0.25) is 0 Å². The fourth-order valence-corrected chi connectivity index (χ4v) is 2.23. The Hall–Kier alpha value is -0.600. The highest BCUT2D eigenvalue weighted by atomic mass is 15.6. The van der Waals surface area contributed by atoms with Gasteiger partial charge in [-0.2, -0.15) is 5.11 Å². The molecule has 1 heterocycles. The molecule has 3 heteroatoms. The van der Waals surface area contributed by atoms with E-state index in [9.17, 15) is 0 Å². The predicted molar refractivity (Wildman–Crippen MR) is 63.7 cm³/mol. The van der Waals surface area contributed by atoms with Crippen molar-refractivity contribution < 1.29 is 0 Å². The molecule has 0 bridgehead atoms. The molecule has 0 radical (unpaired) electrons. The van der Waals surface area contributed by atoms with Gasteiger partial charge in [0.15, 0.2) is 0 Å². The monoisotopic (exact) mass is 211 g/mol. The summed E-state index contributed by atoms with van der Waals surface area (Å²) in [6, 6.07) is 0.871. The number of rotatable bonds is 4. The lowest BCUT2D eigenvalue weighted by atomic mass is 9.89. The summed E-state index contributed by atoms with van der Waals surface area (Å²) in [5.74, 6) is 1.85. The molecule has 2 unspecified atom stereocenters. The van der Waals surface area contributed by atoms with Crippen LogP contribution in [0.15, 0.2) is 10.3 Å². The SMILES string of the molecule is CC(C)CN1N=NC(C(C)C)C1C(C)C. The van der Waals surface area contributed by atoms with Gasteiger partial charge in [-0.15, -0.1) is 0 Å². The second kappa shape index (κ2) is 4.95. The van der Waals surface area contributed by atoms with Crippen LogP contribution in [-0.2, 0) is 0 Å². The first-order chi connectivity index (χ1) is 6.93. The minimum Gasteiger partial charge on any atom is -0.273 e. The van der Waals surface area contributed by atoms with E-state index in [-0.39, 0.29) is 0 Å². The summed E-state index contributed by atoms with van der Waals surface area (Å²) in [4.78, 5) is 0. The molecular weight excluding hydrogens is 186 g/mol. The first-order valence-corrected chi connectivity index (χ1v) is 6.10. The molecule has 15 heavy (non-hydrogen) atoms. The molecule has 0 amide bonds. The van der Waals surface area contributed by atoms with Crippen LogP contribution in [-0.4, -0.2) is 23.6 Å². The predicted octanol–water partition coefficient (Wildman–Crippen LogP) is 3.37. The average molecular weight is 211 g/mol. The highest BCUT2D eigenvalue weighted by Crippen LogP contribution is 2.29. The van der Waals surface area contributed by atoms with Gasteiger partial charge in [-0.3, -0.25) is 5.01 Å². The fourth-order valence-electron chi connectivity index (χ4n) is 2.23. The molecule has 0 aromatic heterocycles. The summed E-state index contributed by atoms with van der Waals surface area (Å²) in [6.07, 6.45) is 0. The zero-order chi connectivity index (χ0) is 11.6. The van der Waals surface area contributed by atoms with Crippen LogP contribution < -0.4 is 0 Å². The molecule has 2 atom stereocenters. The van der Waals surface area contributed by atoms with Gasteiger partial charge in [0.05, 0.1) is 12.1 Å². The second-order valence-corrected chi connectivity index (χ2v) is 5.69. The van der Waals surface area contributed by atoms with Gasteiger partial charge in [-0.25, -0.2) is 0 Å². The van der Waals surface area contributed by atoms with Crippen molar-refractivity contribution >= 4 is 0 Å². The van der Waals surface area contributed by atoms with Crippen LogP contribution in [0.25, 0.3) is 0 Å². The van der Waals surface area contributed by atoms with Crippen LogP contribution >= 0.6 is 0 Å². The molecule has 1 aliphatic heterocycles. The smallest absolute Gasteiger partial charge is 0.0974 e. The maximum Gasteiger partial charge on any atom is 0.0974 e. The van der Waals surface area contributed by atoms with Gasteiger partial charge < -0.3 is 0 Å². The molecule has 1 rings (SSSR count). The quantitative estimate of drug-likeness (QED) is 0.700.